The lowest BCUT2D eigenvalue weighted by Crippen LogP contribution is -2.50. The van der Waals surface area contributed by atoms with Crippen molar-refractivity contribution in [3.8, 4) is 0 Å². The Labute approximate surface area is 210 Å². The maximum Gasteiger partial charge on any atom is 0.251 e. The number of hydrogen-bond donors (Lipinski definition) is 3. The zero-order valence-electron chi connectivity index (χ0n) is 20.2. The third kappa shape index (κ3) is 10.9. The highest BCUT2D eigenvalue weighted by Crippen LogP contribution is 2.08. The Morgan fingerprint density at radius 3 is 2.75 bits per heavy atom. The van der Waals surface area contributed by atoms with Crippen LogP contribution < -0.4 is 16.0 Å². The number of ether oxygens (including phenoxy) is 1. The molecule has 1 amide bonds. The van der Waals surface area contributed by atoms with E-state index in [4.69, 9.17) is 4.74 Å². The lowest BCUT2D eigenvalue weighted by Gasteiger charge is -2.34. The van der Waals surface area contributed by atoms with Gasteiger partial charge in [-0.1, -0.05) is 26.0 Å². The van der Waals surface area contributed by atoms with E-state index in [2.05, 4.69) is 39.7 Å². The first-order valence-electron chi connectivity index (χ1n) is 11.2. The summed E-state index contributed by atoms with van der Waals surface area (Å²) >= 11 is 0. The number of carbonyl (C=O) groups is 1. The molecule has 0 radical (unpaired) electrons. The Morgan fingerprint density at radius 2 is 2.06 bits per heavy atom. The number of aliphatic imine (C=N–C) groups is 1. The molecule has 1 aliphatic rings. The quantitative estimate of drug-likeness (QED) is 0.229. The predicted molar refractivity (Wildman–Crippen MR) is 142 cm³/mol. The molecule has 2 rings (SSSR count). The van der Waals surface area contributed by atoms with Gasteiger partial charge in [-0.3, -0.25) is 14.7 Å². The first-order chi connectivity index (χ1) is 14.9. The Balaban J connectivity index is 0.00000512. The van der Waals surface area contributed by atoms with E-state index in [0.29, 0.717) is 31.1 Å². The largest absolute Gasteiger partial charge is 0.374 e. The summed E-state index contributed by atoms with van der Waals surface area (Å²) in [5.41, 5.74) is 1.70. The number of halogens is 1. The second-order valence-corrected chi connectivity index (χ2v) is 8.71. The van der Waals surface area contributed by atoms with Crippen molar-refractivity contribution in [2.75, 3.05) is 67.0 Å². The van der Waals surface area contributed by atoms with Crippen LogP contribution in [-0.4, -0.2) is 94.8 Å². The average molecular weight is 561 g/mol. The molecule has 1 atom stereocenters. The third-order valence-corrected chi connectivity index (χ3v) is 5.06. The molecule has 0 spiro atoms. The van der Waals surface area contributed by atoms with Crippen molar-refractivity contribution in [3.63, 3.8) is 0 Å². The first kappa shape index (κ1) is 28.6. The molecule has 1 aromatic rings. The fourth-order valence-corrected chi connectivity index (χ4v) is 3.52. The highest BCUT2D eigenvalue weighted by molar-refractivity contribution is 14.0. The summed E-state index contributed by atoms with van der Waals surface area (Å²) in [4.78, 5) is 21.2. The molecule has 1 saturated heterocycles. The molecule has 0 aromatic heterocycles. The van der Waals surface area contributed by atoms with E-state index in [0.717, 1.165) is 44.3 Å². The Bertz CT molecular complexity index is 713. The molecule has 1 aromatic carbocycles. The molecule has 0 bridgehead atoms. The van der Waals surface area contributed by atoms with Gasteiger partial charge in [-0.25, -0.2) is 0 Å². The molecule has 0 aliphatic carbocycles. The minimum atomic E-state index is -0.0494. The number of rotatable bonds is 10. The number of hydrogen-bond acceptors (Lipinski definition) is 5. The van der Waals surface area contributed by atoms with Crippen molar-refractivity contribution < 1.29 is 9.53 Å². The van der Waals surface area contributed by atoms with Crippen molar-refractivity contribution >= 4 is 35.8 Å². The molecule has 1 fully saturated rings. The molecule has 1 unspecified atom stereocenters. The minimum Gasteiger partial charge on any atom is -0.374 e. The van der Waals surface area contributed by atoms with Gasteiger partial charge in [0, 0.05) is 58.4 Å². The second kappa shape index (κ2) is 15.4. The number of morpholine rings is 1. The summed E-state index contributed by atoms with van der Waals surface area (Å²) in [6.07, 6.45) is 0.153. The molecule has 1 heterocycles. The van der Waals surface area contributed by atoms with Gasteiger partial charge in [-0.2, -0.15) is 0 Å². The van der Waals surface area contributed by atoms with Gasteiger partial charge >= 0.3 is 0 Å². The monoisotopic (exact) mass is 560 g/mol. The van der Waals surface area contributed by atoms with Crippen molar-refractivity contribution in [2.45, 2.75) is 26.5 Å². The summed E-state index contributed by atoms with van der Waals surface area (Å²) in [7, 11) is 5.74. The van der Waals surface area contributed by atoms with Crippen LogP contribution in [0.5, 0.6) is 0 Å². The molecule has 32 heavy (non-hydrogen) atoms. The first-order valence-corrected chi connectivity index (χ1v) is 11.2. The minimum absolute atomic E-state index is 0. The van der Waals surface area contributed by atoms with Gasteiger partial charge in [0.25, 0.3) is 5.91 Å². The van der Waals surface area contributed by atoms with Crippen LogP contribution in [0.4, 0.5) is 0 Å². The van der Waals surface area contributed by atoms with E-state index in [1.54, 1.807) is 7.05 Å². The van der Waals surface area contributed by atoms with Crippen molar-refractivity contribution in [1.82, 2.24) is 25.8 Å². The van der Waals surface area contributed by atoms with E-state index < -0.39 is 0 Å². The zero-order valence-corrected chi connectivity index (χ0v) is 22.5. The van der Waals surface area contributed by atoms with Gasteiger partial charge in [0.15, 0.2) is 5.96 Å². The van der Waals surface area contributed by atoms with Crippen molar-refractivity contribution in [1.29, 1.82) is 0 Å². The molecule has 9 heteroatoms. The van der Waals surface area contributed by atoms with Crippen LogP contribution in [0.3, 0.4) is 0 Å². The average Bonchev–Trinajstić information content (AvgIpc) is 2.73. The normalized spacial score (nSPS) is 17.2. The molecule has 0 saturated carbocycles. The van der Waals surface area contributed by atoms with Gasteiger partial charge in [0.2, 0.25) is 0 Å². The molecular weight excluding hydrogens is 519 g/mol. The Hall–Kier alpha value is -1.43. The Morgan fingerprint density at radius 1 is 1.28 bits per heavy atom. The van der Waals surface area contributed by atoms with E-state index in [9.17, 15) is 4.79 Å². The van der Waals surface area contributed by atoms with Gasteiger partial charge in [-0.15, -0.1) is 24.0 Å². The summed E-state index contributed by atoms with van der Waals surface area (Å²) in [5.74, 6) is 1.34. The fraction of sp³-hybridized carbons (Fsp3) is 0.652. The smallest absolute Gasteiger partial charge is 0.251 e. The van der Waals surface area contributed by atoms with Crippen LogP contribution in [0, 0.1) is 5.92 Å². The van der Waals surface area contributed by atoms with Crippen molar-refractivity contribution in [3.05, 3.63) is 35.4 Å². The van der Waals surface area contributed by atoms with Crippen LogP contribution in [0.25, 0.3) is 0 Å². The number of carbonyl (C=O) groups excluding carboxylic acids is 1. The molecule has 8 nitrogen and oxygen atoms in total. The SMILES string of the molecule is CN=C(NCc1cccc(C(=O)NCCN(C)C)c1)NCC1CN(CC(C)C)CCO1.I. The van der Waals surface area contributed by atoms with Crippen LogP contribution >= 0.6 is 24.0 Å². The number of amides is 1. The number of guanidine groups is 1. The molecule has 1 aliphatic heterocycles. The third-order valence-electron chi connectivity index (χ3n) is 5.06. The van der Waals surface area contributed by atoms with Gasteiger partial charge in [0.05, 0.1) is 12.7 Å². The predicted octanol–water partition coefficient (Wildman–Crippen LogP) is 1.62. The van der Waals surface area contributed by atoms with E-state index in [1.807, 2.05) is 43.3 Å². The van der Waals surface area contributed by atoms with Crippen LogP contribution in [0.15, 0.2) is 29.3 Å². The van der Waals surface area contributed by atoms with Gasteiger partial charge in [0.1, 0.15) is 0 Å². The number of nitrogens with one attached hydrogen (secondary N) is 3. The zero-order chi connectivity index (χ0) is 22.6. The molecule has 3 N–H and O–H groups in total. The summed E-state index contributed by atoms with van der Waals surface area (Å²) in [6.45, 7) is 11.0. The number of nitrogens with zero attached hydrogens (tertiary/aromatic N) is 3. The fourth-order valence-electron chi connectivity index (χ4n) is 3.52. The highest BCUT2D eigenvalue weighted by atomic mass is 127. The number of likely N-dealkylation sites (N-methyl/N-ethyl adjacent to an activating group) is 1. The van der Waals surface area contributed by atoms with Crippen LogP contribution in [0.2, 0.25) is 0 Å². The maximum absolute atomic E-state index is 12.3. The van der Waals surface area contributed by atoms with E-state index in [-0.39, 0.29) is 36.0 Å². The summed E-state index contributed by atoms with van der Waals surface area (Å²) in [5, 5.41) is 9.64. The van der Waals surface area contributed by atoms with E-state index in [1.165, 1.54) is 0 Å². The lowest BCUT2D eigenvalue weighted by atomic mass is 10.1. The topological polar surface area (TPSA) is 81.2 Å². The number of benzene rings is 1. The highest BCUT2D eigenvalue weighted by Gasteiger charge is 2.21. The van der Waals surface area contributed by atoms with Crippen molar-refractivity contribution in [2.24, 2.45) is 10.9 Å². The maximum atomic E-state index is 12.3. The van der Waals surface area contributed by atoms with E-state index >= 15 is 0 Å². The second-order valence-electron chi connectivity index (χ2n) is 8.71. The Kier molecular flexibility index (Phi) is 13.8. The lowest BCUT2D eigenvalue weighted by molar-refractivity contribution is -0.0284. The summed E-state index contributed by atoms with van der Waals surface area (Å²) in [6, 6.07) is 7.67. The molecular formula is C23H41IN6O2. The van der Waals surface area contributed by atoms with Crippen LogP contribution in [0.1, 0.15) is 29.8 Å². The van der Waals surface area contributed by atoms with Gasteiger partial charge < -0.3 is 25.6 Å². The standard InChI is InChI=1S/C23H40N6O2.HI/c1-18(2)16-29-11-12-31-21(17-29)15-27-23(24-3)26-14-19-7-6-8-20(13-19)22(30)25-9-10-28(4)5;/h6-8,13,18,21H,9-12,14-17H2,1-5H3,(H,25,30)(H2,24,26,27);1H. The van der Waals surface area contributed by atoms with Crippen LogP contribution in [-0.2, 0) is 11.3 Å². The molecule has 182 valence electrons. The van der Waals surface area contributed by atoms with Gasteiger partial charge in [-0.05, 0) is 37.7 Å². The summed E-state index contributed by atoms with van der Waals surface area (Å²) < 4.78 is 5.90.